The SMILES string of the molecule is CC(C)(C)CCN1CCN(CCNC(C)(C)C)CC1. The third-order valence-corrected chi connectivity index (χ3v) is 3.73. The first-order chi connectivity index (χ1) is 8.66. The molecule has 0 radical (unpaired) electrons. The maximum absolute atomic E-state index is 3.57. The largest absolute Gasteiger partial charge is 0.311 e. The summed E-state index contributed by atoms with van der Waals surface area (Å²) in [6.07, 6.45) is 1.30. The zero-order chi connectivity index (χ0) is 14.5. The van der Waals surface area contributed by atoms with Crippen LogP contribution in [0.3, 0.4) is 0 Å². The monoisotopic (exact) mass is 269 g/mol. The van der Waals surface area contributed by atoms with E-state index in [0.29, 0.717) is 5.41 Å². The molecule has 1 saturated heterocycles. The maximum Gasteiger partial charge on any atom is 0.0110 e. The van der Waals surface area contributed by atoms with Gasteiger partial charge in [-0.25, -0.2) is 0 Å². The quantitative estimate of drug-likeness (QED) is 0.827. The van der Waals surface area contributed by atoms with E-state index < -0.39 is 0 Å². The second-order valence-corrected chi connectivity index (χ2v) is 8.17. The van der Waals surface area contributed by atoms with Gasteiger partial charge in [0, 0.05) is 44.8 Å². The molecule has 0 amide bonds. The minimum Gasteiger partial charge on any atom is -0.311 e. The summed E-state index contributed by atoms with van der Waals surface area (Å²) in [5, 5.41) is 3.57. The van der Waals surface area contributed by atoms with Crippen molar-refractivity contribution in [1.29, 1.82) is 0 Å². The molecule has 1 fully saturated rings. The molecule has 1 N–H and O–H groups in total. The Morgan fingerprint density at radius 2 is 1.26 bits per heavy atom. The third kappa shape index (κ3) is 8.61. The Morgan fingerprint density at radius 1 is 0.789 bits per heavy atom. The molecule has 0 aliphatic carbocycles. The molecule has 0 spiro atoms. The highest BCUT2D eigenvalue weighted by Crippen LogP contribution is 2.19. The summed E-state index contributed by atoms with van der Waals surface area (Å²) in [5.41, 5.74) is 0.711. The zero-order valence-electron chi connectivity index (χ0n) is 14.1. The smallest absolute Gasteiger partial charge is 0.0110 e. The molecule has 1 aliphatic heterocycles. The van der Waals surface area contributed by atoms with E-state index in [1.54, 1.807) is 0 Å². The first kappa shape index (κ1) is 16.9. The third-order valence-electron chi connectivity index (χ3n) is 3.73. The van der Waals surface area contributed by atoms with Gasteiger partial charge in [-0.05, 0) is 39.2 Å². The second kappa shape index (κ2) is 7.05. The van der Waals surface area contributed by atoms with Gasteiger partial charge in [0.05, 0.1) is 0 Å². The van der Waals surface area contributed by atoms with Gasteiger partial charge in [0.1, 0.15) is 0 Å². The van der Waals surface area contributed by atoms with Gasteiger partial charge in [-0.2, -0.15) is 0 Å². The van der Waals surface area contributed by atoms with Gasteiger partial charge in [-0.3, -0.25) is 4.90 Å². The van der Waals surface area contributed by atoms with Crippen LogP contribution in [0, 0.1) is 5.41 Å². The summed E-state index contributed by atoms with van der Waals surface area (Å²) in [5.74, 6) is 0. The summed E-state index contributed by atoms with van der Waals surface area (Å²) in [6.45, 7) is 22.2. The molecule has 3 nitrogen and oxygen atoms in total. The van der Waals surface area contributed by atoms with Crippen molar-refractivity contribution in [2.24, 2.45) is 5.41 Å². The fourth-order valence-electron chi connectivity index (χ4n) is 2.32. The number of nitrogens with zero attached hydrogens (tertiary/aromatic N) is 2. The topological polar surface area (TPSA) is 18.5 Å². The van der Waals surface area contributed by atoms with Crippen LogP contribution in [0.5, 0.6) is 0 Å². The molecule has 0 unspecified atom stereocenters. The van der Waals surface area contributed by atoms with Crippen molar-refractivity contribution in [1.82, 2.24) is 15.1 Å². The molecule has 3 heteroatoms. The van der Waals surface area contributed by atoms with Crippen LogP contribution in [-0.2, 0) is 0 Å². The van der Waals surface area contributed by atoms with Gasteiger partial charge in [0.15, 0.2) is 0 Å². The Morgan fingerprint density at radius 3 is 1.68 bits per heavy atom. The maximum atomic E-state index is 3.57. The molecule has 0 saturated carbocycles. The fraction of sp³-hybridized carbons (Fsp3) is 1.00. The van der Waals surface area contributed by atoms with Crippen LogP contribution in [0.4, 0.5) is 0 Å². The van der Waals surface area contributed by atoms with Gasteiger partial charge in [0.25, 0.3) is 0 Å². The van der Waals surface area contributed by atoms with Crippen molar-refractivity contribution < 1.29 is 0 Å². The van der Waals surface area contributed by atoms with Crippen LogP contribution in [0.1, 0.15) is 48.0 Å². The summed E-state index contributed by atoms with van der Waals surface area (Å²) in [6, 6.07) is 0. The highest BCUT2D eigenvalue weighted by atomic mass is 15.3. The lowest BCUT2D eigenvalue weighted by Gasteiger charge is -2.36. The van der Waals surface area contributed by atoms with Crippen molar-refractivity contribution in [3.05, 3.63) is 0 Å². The first-order valence-corrected chi connectivity index (χ1v) is 7.85. The molecule has 0 aromatic heterocycles. The Hall–Kier alpha value is -0.120. The average Bonchev–Trinajstić information content (AvgIpc) is 2.25. The Labute approximate surface area is 120 Å². The van der Waals surface area contributed by atoms with Gasteiger partial charge >= 0.3 is 0 Å². The minimum atomic E-state index is 0.245. The van der Waals surface area contributed by atoms with Crippen LogP contribution < -0.4 is 5.32 Å². The van der Waals surface area contributed by atoms with Crippen molar-refractivity contribution in [2.75, 3.05) is 45.8 Å². The molecular weight excluding hydrogens is 234 g/mol. The number of hydrogen-bond donors (Lipinski definition) is 1. The van der Waals surface area contributed by atoms with Crippen molar-refractivity contribution in [3.8, 4) is 0 Å². The summed E-state index contributed by atoms with van der Waals surface area (Å²) in [4.78, 5) is 5.21. The number of piperazine rings is 1. The predicted molar refractivity (Wildman–Crippen MR) is 84.7 cm³/mol. The van der Waals surface area contributed by atoms with E-state index in [2.05, 4.69) is 56.7 Å². The van der Waals surface area contributed by atoms with Gasteiger partial charge in [-0.15, -0.1) is 0 Å². The van der Waals surface area contributed by atoms with Crippen molar-refractivity contribution in [2.45, 2.75) is 53.5 Å². The average molecular weight is 269 g/mol. The molecule has 0 bridgehead atoms. The van der Waals surface area contributed by atoms with Gasteiger partial charge in [0.2, 0.25) is 0 Å². The summed E-state index contributed by atoms with van der Waals surface area (Å²) < 4.78 is 0. The Bertz CT molecular complexity index is 242. The number of rotatable bonds is 5. The predicted octanol–water partition coefficient (Wildman–Crippen LogP) is 2.43. The van der Waals surface area contributed by atoms with E-state index in [9.17, 15) is 0 Å². The zero-order valence-corrected chi connectivity index (χ0v) is 14.1. The lowest BCUT2D eigenvalue weighted by Crippen LogP contribution is -2.49. The first-order valence-electron chi connectivity index (χ1n) is 7.85. The lowest BCUT2D eigenvalue weighted by atomic mass is 9.92. The highest BCUT2D eigenvalue weighted by Gasteiger charge is 2.19. The molecular formula is C16H35N3. The molecule has 1 heterocycles. The molecule has 1 aliphatic rings. The molecule has 0 aromatic rings. The number of hydrogen-bond acceptors (Lipinski definition) is 3. The number of nitrogens with one attached hydrogen (secondary N) is 1. The van der Waals surface area contributed by atoms with E-state index in [4.69, 9.17) is 0 Å². The Kier molecular flexibility index (Phi) is 6.28. The second-order valence-electron chi connectivity index (χ2n) is 8.17. The summed E-state index contributed by atoms with van der Waals surface area (Å²) >= 11 is 0. The molecule has 1 rings (SSSR count). The van der Waals surface area contributed by atoms with Crippen LogP contribution in [0.25, 0.3) is 0 Å². The van der Waals surface area contributed by atoms with Crippen molar-refractivity contribution >= 4 is 0 Å². The summed E-state index contributed by atoms with van der Waals surface area (Å²) in [7, 11) is 0. The normalized spacial score (nSPS) is 19.9. The van der Waals surface area contributed by atoms with Gasteiger partial charge < -0.3 is 10.2 Å². The van der Waals surface area contributed by atoms with E-state index in [1.807, 2.05) is 0 Å². The molecule has 19 heavy (non-hydrogen) atoms. The van der Waals surface area contributed by atoms with E-state index in [-0.39, 0.29) is 5.54 Å². The Balaban J connectivity index is 2.12. The van der Waals surface area contributed by atoms with Crippen LogP contribution in [0.2, 0.25) is 0 Å². The highest BCUT2D eigenvalue weighted by molar-refractivity contribution is 4.76. The van der Waals surface area contributed by atoms with Gasteiger partial charge in [-0.1, -0.05) is 20.8 Å². The van der Waals surface area contributed by atoms with Crippen LogP contribution >= 0.6 is 0 Å². The fourth-order valence-corrected chi connectivity index (χ4v) is 2.32. The minimum absolute atomic E-state index is 0.245. The standard InChI is InChI=1S/C16H35N3/c1-15(2,3)7-9-18-11-13-19(14-12-18)10-8-17-16(4,5)6/h17H,7-14H2,1-6H3. The van der Waals surface area contributed by atoms with Crippen LogP contribution in [0.15, 0.2) is 0 Å². The van der Waals surface area contributed by atoms with E-state index >= 15 is 0 Å². The molecule has 114 valence electrons. The lowest BCUT2D eigenvalue weighted by molar-refractivity contribution is 0.120. The van der Waals surface area contributed by atoms with E-state index in [0.717, 1.165) is 6.54 Å². The molecule has 0 atom stereocenters. The van der Waals surface area contributed by atoms with Crippen molar-refractivity contribution in [3.63, 3.8) is 0 Å². The van der Waals surface area contributed by atoms with Crippen LogP contribution in [-0.4, -0.2) is 61.2 Å². The molecule has 0 aromatic carbocycles. The van der Waals surface area contributed by atoms with E-state index in [1.165, 1.54) is 45.7 Å².